The van der Waals surface area contributed by atoms with Crippen LogP contribution >= 0.6 is 0 Å². The summed E-state index contributed by atoms with van der Waals surface area (Å²) in [5, 5.41) is 15.5. The van der Waals surface area contributed by atoms with Gasteiger partial charge in [-0.3, -0.25) is 0 Å². The van der Waals surface area contributed by atoms with Gasteiger partial charge in [0.05, 0.1) is 6.61 Å². The first-order valence-corrected chi connectivity index (χ1v) is 3.16. The number of nitrogens with two attached hydrogens (primary N) is 1. The number of ether oxygens (including phenoxy) is 1. The van der Waals surface area contributed by atoms with Gasteiger partial charge in [-0.1, -0.05) is 0 Å². The van der Waals surface area contributed by atoms with E-state index >= 15 is 0 Å². The van der Waals surface area contributed by atoms with Crippen LogP contribution in [0.1, 0.15) is 0 Å². The Morgan fingerprint density at radius 1 is 1.45 bits per heavy atom. The third kappa shape index (κ3) is 2.38. The van der Waals surface area contributed by atoms with E-state index in [4.69, 9.17) is 15.6 Å². The number of aromatic nitrogens is 2. The maximum Gasteiger partial charge on any atom is 0.233 e. The number of hydrogen-bond acceptors (Lipinski definition) is 5. The van der Waals surface area contributed by atoms with Crippen LogP contribution in [0, 0.1) is 0 Å². The summed E-state index contributed by atoms with van der Waals surface area (Å²) < 4.78 is 4.93. The molecule has 0 fully saturated rings. The maximum atomic E-state index is 8.38. The SMILES string of the molecule is Nc1ccc(OCCO)nn1. The Morgan fingerprint density at radius 3 is 2.82 bits per heavy atom. The molecular weight excluding hydrogens is 146 g/mol. The zero-order valence-corrected chi connectivity index (χ0v) is 5.90. The number of hydrogen-bond donors (Lipinski definition) is 2. The topological polar surface area (TPSA) is 81.3 Å². The minimum Gasteiger partial charge on any atom is -0.474 e. The molecule has 1 aromatic heterocycles. The van der Waals surface area contributed by atoms with Crippen molar-refractivity contribution < 1.29 is 9.84 Å². The van der Waals surface area contributed by atoms with Crippen molar-refractivity contribution in [1.82, 2.24) is 10.2 Å². The normalized spacial score (nSPS) is 9.55. The molecule has 0 aromatic carbocycles. The molecule has 3 N–H and O–H groups in total. The molecule has 1 heterocycles. The average Bonchev–Trinajstić information content (AvgIpc) is 2.04. The monoisotopic (exact) mass is 155 g/mol. The summed E-state index contributed by atoms with van der Waals surface area (Å²) >= 11 is 0. The fourth-order valence-electron chi connectivity index (χ4n) is 0.558. The highest BCUT2D eigenvalue weighted by atomic mass is 16.5. The van der Waals surface area contributed by atoms with E-state index in [2.05, 4.69) is 10.2 Å². The molecule has 5 nitrogen and oxygen atoms in total. The van der Waals surface area contributed by atoms with Crippen molar-refractivity contribution in [2.75, 3.05) is 18.9 Å². The van der Waals surface area contributed by atoms with Gasteiger partial charge in [-0.2, -0.15) is 0 Å². The first-order valence-electron chi connectivity index (χ1n) is 3.16. The molecule has 1 aromatic rings. The van der Waals surface area contributed by atoms with Crippen molar-refractivity contribution in [3.05, 3.63) is 12.1 Å². The van der Waals surface area contributed by atoms with E-state index in [1.165, 1.54) is 0 Å². The van der Waals surface area contributed by atoms with E-state index in [0.29, 0.717) is 11.7 Å². The summed E-state index contributed by atoms with van der Waals surface area (Å²) in [4.78, 5) is 0. The van der Waals surface area contributed by atoms with Crippen LogP contribution in [0.5, 0.6) is 5.88 Å². The molecule has 0 amide bonds. The minimum absolute atomic E-state index is 0.0357. The molecule has 0 aliphatic rings. The molecule has 0 radical (unpaired) electrons. The number of nitrogen functional groups attached to an aromatic ring is 1. The lowest BCUT2D eigenvalue weighted by Crippen LogP contribution is -2.04. The fraction of sp³-hybridized carbons (Fsp3) is 0.333. The zero-order chi connectivity index (χ0) is 8.10. The smallest absolute Gasteiger partial charge is 0.233 e. The van der Waals surface area contributed by atoms with Crippen LogP contribution in [0.2, 0.25) is 0 Å². The minimum atomic E-state index is -0.0357. The molecule has 0 unspecified atom stereocenters. The summed E-state index contributed by atoms with van der Waals surface area (Å²) in [6.45, 7) is 0.185. The molecule has 0 bridgehead atoms. The third-order valence-corrected chi connectivity index (χ3v) is 1.00. The quantitative estimate of drug-likeness (QED) is 0.610. The highest BCUT2D eigenvalue weighted by Gasteiger charge is 1.93. The number of aliphatic hydroxyl groups excluding tert-OH is 1. The molecule has 0 saturated carbocycles. The van der Waals surface area contributed by atoms with E-state index < -0.39 is 0 Å². The predicted octanol–water partition coefficient (Wildman–Crippen LogP) is -0.570. The molecule has 0 saturated heterocycles. The van der Waals surface area contributed by atoms with Gasteiger partial charge in [0, 0.05) is 6.07 Å². The van der Waals surface area contributed by atoms with E-state index in [9.17, 15) is 0 Å². The second-order valence-corrected chi connectivity index (χ2v) is 1.87. The van der Waals surface area contributed by atoms with Crippen LogP contribution in [-0.4, -0.2) is 28.5 Å². The van der Waals surface area contributed by atoms with Crippen LogP contribution in [-0.2, 0) is 0 Å². The van der Waals surface area contributed by atoms with E-state index in [-0.39, 0.29) is 13.2 Å². The highest BCUT2D eigenvalue weighted by molar-refractivity contribution is 5.27. The first-order chi connectivity index (χ1) is 5.33. The molecule has 5 heteroatoms. The molecule has 0 spiro atoms. The van der Waals surface area contributed by atoms with Crippen LogP contribution in [0.25, 0.3) is 0 Å². The zero-order valence-electron chi connectivity index (χ0n) is 5.90. The van der Waals surface area contributed by atoms with Crippen LogP contribution in [0.3, 0.4) is 0 Å². The summed E-state index contributed by atoms with van der Waals surface area (Å²) in [6.07, 6.45) is 0. The lowest BCUT2D eigenvalue weighted by atomic mass is 10.5. The Labute approximate surface area is 63.8 Å². The predicted molar refractivity (Wildman–Crippen MR) is 39.0 cm³/mol. The molecule has 1 rings (SSSR count). The number of rotatable bonds is 3. The van der Waals surface area contributed by atoms with Crippen LogP contribution < -0.4 is 10.5 Å². The molecule has 60 valence electrons. The van der Waals surface area contributed by atoms with E-state index in [1.807, 2.05) is 0 Å². The Kier molecular flexibility index (Phi) is 2.62. The van der Waals surface area contributed by atoms with Crippen molar-refractivity contribution >= 4 is 5.82 Å². The van der Waals surface area contributed by atoms with Crippen molar-refractivity contribution in [2.45, 2.75) is 0 Å². The van der Waals surface area contributed by atoms with Gasteiger partial charge < -0.3 is 15.6 Å². The van der Waals surface area contributed by atoms with Gasteiger partial charge in [0.15, 0.2) is 0 Å². The van der Waals surface area contributed by atoms with Gasteiger partial charge in [-0.25, -0.2) is 0 Å². The second-order valence-electron chi connectivity index (χ2n) is 1.87. The molecule has 0 aliphatic carbocycles. The van der Waals surface area contributed by atoms with Gasteiger partial charge in [0.25, 0.3) is 0 Å². The highest BCUT2D eigenvalue weighted by Crippen LogP contribution is 2.04. The van der Waals surface area contributed by atoms with Crippen molar-refractivity contribution in [2.24, 2.45) is 0 Å². The standard InChI is InChI=1S/C6H9N3O2/c7-5-1-2-6(9-8-5)11-4-3-10/h1-2,10H,3-4H2,(H2,7,8). The van der Waals surface area contributed by atoms with E-state index in [0.717, 1.165) is 0 Å². The number of aliphatic hydroxyl groups is 1. The van der Waals surface area contributed by atoms with Gasteiger partial charge in [0.2, 0.25) is 5.88 Å². The molecule has 11 heavy (non-hydrogen) atoms. The Morgan fingerprint density at radius 2 is 2.27 bits per heavy atom. The number of anilines is 1. The fourth-order valence-corrected chi connectivity index (χ4v) is 0.558. The van der Waals surface area contributed by atoms with Gasteiger partial charge in [0.1, 0.15) is 12.4 Å². The average molecular weight is 155 g/mol. The first kappa shape index (κ1) is 7.74. The number of nitrogens with zero attached hydrogens (tertiary/aromatic N) is 2. The van der Waals surface area contributed by atoms with Gasteiger partial charge in [-0.15, -0.1) is 10.2 Å². The Balaban J connectivity index is 2.52. The summed E-state index contributed by atoms with van der Waals surface area (Å²) in [5.74, 6) is 0.717. The van der Waals surface area contributed by atoms with Gasteiger partial charge in [-0.05, 0) is 6.07 Å². The summed E-state index contributed by atoms with van der Waals surface area (Å²) in [5.41, 5.74) is 5.28. The van der Waals surface area contributed by atoms with Crippen LogP contribution in [0.4, 0.5) is 5.82 Å². The molecule has 0 atom stereocenters. The lowest BCUT2D eigenvalue weighted by Gasteiger charge is -2.00. The Bertz CT molecular complexity index is 212. The molecule has 0 aliphatic heterocycles. The lowest BCUT2D eigenvalue weighted by molar-refractivity contribution is 0.195. The largest absolute Gasteiger partial charge is 0.474 e. The van der Waals surface area contributed by atoms with Crippen molar-refractivity contribution in [3.8, 4) is 5.88 Å². The van der Waals surface area contributed by atoms with E-state index in [1.54, 1.807) is 12.1 Å². The maximum absolute atomic E-state index is 8.38. The second kappa shape index (κ2) is 3.72. The summed E-state index contributed by atoms with van der Waals surface area (Å²) in [7, 11) is 0. The molecular formula is C6H9N3O2. The Hall–Kier alpha value is -1.36. The van der Waals surface area contributed by atoms with Crippen LogP contribution in [0.15, 0.2) is 12.1 Å². The summed E-state index contributed by atoms with van der Waals surface area (Å²) in [6, 6.07) is 3.18. The van der Waals surface area contributed by atoms with Crippen molar-refractivity contribution in [3.63, 3.8) is 0 Å². The van der Waals surface area contributed by atoms with Crippen molar-refractivity contribution in [1.29, 1.82) is 0 Å². The third-order valence-electron chi connectivity index (χ3n) is 1.00. The van der Waals surface area contributed by atoms with Gasteiger partial charge >= 0.3 is 0 Å².